The first-order valence-corrected chi connectivity index (χ1v) is 4.72. The van der Waals surface area contributed by atoms with Crippen LogP contribution < -0.4 is 5.56 Å². The van der Waals surface area contributed by atoms with E-state index < -0.39 is 54.4 Å². The molecule has 3 heteroatoms. The molecule has 1 aromatic carbocycles. The summed E-state index contributed by atoms with van der Waals surface area (Å²) in [6.45, 7) is -5.12. The second-order valence-electron chi connectivity index (χ2n) is 3.16. The van der Waals surface area contributed by atoms with Gasteiger partial charge in [0.1, 0.15) is 0 Å². The van der Waals surface area contributed by atoms with Gasteiger partial charge in [0.25, 0.3) is 5.56 Å². The van der Waals surface area contributed by atoms with E-state index in [1.807, 2.05) is 0 Å². The van der Waals surface area contributed by atoms with Crippen LogP contribution in [0.25, 0.3) is 5.69 Å². The number of ether oxygens (including phenoxy) is 1. The second-order valence-corrected chi connectivity index (χ2v) is 3.16. The monoisotopic (exact) mass is 238 g/mol. The molecule has 0 fully saturated rings. The number of methoxy groups -OCH3 is 1. The minimum absolute atomic E-state index is 0.0867. The molecular weight excluding hydrogens is 214 g/mol. The first-order chi connectivity index (χ1) is 11.8. The van der Waals surface area contributed by atoms with Gasteiger partial charge in [0, 0.05) is 29.2 Å². The molecule has 88 valence electrons. The van der Waals surface area contributed by atoms with E-state index in [9.17, 15) is 4.79 Å². The molecule has 1 heterocycles. The van der Waals surface area contributed by atoms with E-state index in [1.54, 1.807) is 0 Å². The Balaban J connectivity index is 2.87. The van der Waals surface area contributed by atoms with Crippen LogP contribution in [0.3, 0.4) is 0 Å². The maximum atomic E-state index is 12.2. The van der Waals surface area contributed by atoms with E-state index >= 15 is 0 Å². The molecule has 0 saturated heterocycles. The highest BCUT2D eigenvalue weighted by molar-refractivity contribution is 5.35. The average Bonchev–Trinajstić information content (AvgIpc) is 2.53. The zero-order chi connectivity index (χ0) is 20.0. The lowest BCUT2D eigenvalue weighted by atomic mass is 10.2. The van der Waals surface area contributed by atoms with Gasteiger partial charge < -0.3 is 4.74 Å². The van der Waals surface area contributed by atoms with Gasteiger partial charge in [-0.05, 0) is 30.6 Å². The van der Waals surface area contributed by atoms with Gasteiger partial charge in [-0.15, -0.1) is 0 Å². The Labute approximate surface area is 113 Å². The first-order valence-electron chi connectivity index (χ1n) is 9.22. The van der Waals surface area contributed by atoms with Crippen LogP contribution in [0.2, 0.25) is 0 Å². The van der Waals surface area contributed by atoms with Gasteiger partial charge in [0.2, 0.25) is 0 Å². The fraction of sp³-hybridized carbons (Fsp3) is 0.214. The summed E-state index contributed by atoms with van der Waals surface area (Å²) in [4.78, 5) is 12.2. The van der Waals surface area contributed by atoms with E-state index in [4.69, 9.17) is 17.1 Å². The van der Waals surface area contributed by atoms with Gasteiger partial charge >= 0.3 is 0 Å². The Bertz CT molecular complexity index is 889. The smallest absolute Gasteiger partial charge is 0.255 e. The highest BCUT2D eigenvalue weighted by Gasteiger charge is 2.01. The number of hydrogen-bond acceptors (Lipinski definition) is 2. The van der Waals surface area contributed by atoms with Crippen molar-refractivity contribution in [3.63, 3.8) is 0 Å². The van der Waals surface area contributed by atoms with Crippen molar-refractivity contribution in [1.29, 1.82) is 0 Å². The molecule has 0 radical (unpaired) electrons. The van der Waals surface area contributed by atoms with Crippen LogP contribution in [0.15, 0.2) is 47.3 Å². The van der Waals surface area contributed by atoms with E-state index in [0.29, 0.717) is 0 Å². The van der Waals surface area contributed by atoms with E-state index in [1.165, 1.54) is 6.07 Å². The van der Waals surface area contributed by atoms with Crippen molar-refractivity contribution in [2.24, 2.45) is 0 Å². The lowest BCUT2D eigenvalue weighted by Crippen LogP contribution is -2.17. The highest BCUT2D eigenvalue weighted by atomic mass is 16.5. The number of benzene rings is 1. The van der Waals surface area contributed by atoms with E-state index in [-0.39, 0.29) is 5.56 Å². The Morgan fingerprint density at radius 1 is 1.41 bits per heavy atom. The van der Waals surface area contributed by atoms with Crippen molar-refractivity contribution >= 4 is 0 Å². The summed E-state index contributed by atoms with van der Waals surface area (Å²) in [7, 11) is 1.12. The quantitative estimate of drug-likeness (QED) is 0.821. The van der Waals surface area contributed by atoms with Crippen LogP contribution in [0.1, 0.15) is 23.5 Å². The van der Waals surface area contributed by atoms with Gasteiger partial charge in [0.15, 0.2) is 0 Å². The van der Waals surface area contributed by atoms with Crippen molar-refractivity contribution in [2.75, 3.05) is 7.11 Å². The zero-order valence-corrected chi connectivity index (χ0v) is 9.00. The molecule has 0 N–H and O–H groups in total. The lowest BCUT2D eigenvalue weighted by Gasteiger charge is -2.08. The Hall–Kier alpha value is -1.87. The third kappa shape index (κ3) is 2.63. The van der Waals surface area contributed by atoms with E-state index in [2.05, 4.69) is 0 Å². The van der Waals surface area contributed by atoms with Crippen molar-refractivity contribution < 1.29 is 17.1 Å². The van der Waals surface area contributed by atoms with Crippen LogP contribution in [0.5, 0.6) is 0 Å². The molecule has 2 aromatic rings. The van der Waals surface area contributed by atoms with E-state index in [0.717, 1.165) is 23.9 Å². The fourth-order valence-electron chi connectivity index (χ4n) is 1.27. The lowest BCUT2D eigenvalue weighted by molar-refractivity contribution is 0.184. The summed E-state index contributed by atoms with van der Waals surface area (Å²) < 4.78 is 75.0. The minimum Gasteiger partial charge on any atom is -0.380 e. The zero-order valence-electron chi connectivity index (χ0n) is 18.0. The molecule has 0 aliphatic rings. The molecule has 0 unspecified atom stereocenters. The second kappa shape index (κ2) is 4.97. The fourth-order valence-corrected chi connectivity index (χ4v) is 1.27. The van der Waals surface area contributed by atoms with Gasteiger partial charge in [-0.25, -0.2) is 0 Å². The van der Waals surface area contributed by atoms with Gasteiger partial charge in [-0.3, -0.25) is 9.36 Å². The third-order valence-corrected chi connectivity index (χ3v) is 1.98. The minimum atomic E-state index is -2.86. The van der Waals surface area contributed by atoms with Crippen molar-refractivity contribution in [3.05, 3.63) is 64.0 Å². The maximum absolute atomic E-state index is 12.2. The molecule has 3 nitrogen and oxygen atoms in total. The normalized spacial score (nSPS) is 19.7. The molecule has 0 aliphatic carbocycles. The van der Waals surface area contributed by atoms with Gasteiger partial charge in [0.05, 0.1) is 14.8 Å². The number of aromatic nitrogens is 1. The maximum Gasteiger partial charge on any atom is 0.255 e. The Morgan fingerprint density at radius 2 is 2.18 bits per heavy atom. The summed E-state index contributed by atoms with van der Waals surface area (Å²) >= 11 is 0. The van der Waals surface area contributed by atoms with Crippen LogP contribution >= 0.6 is 0 Å². The largest absolute Gasteiger partial charge is 0.380 e. The van der Waals surface area contributed by atoms with Crippen LogP contribution in [0, 0.1) is 6.85 Å². The topological polar surface area (TPSA) is 31.2 Å². The molecule has 2 rings (SSSR count). The van der Waals surface area contributed by atoms with Crippen LogP contribution in [-0.4, -0.2) is 11.7 Å². The molecule has 0 spiro atoms. The summed E-state index contributed by atoms with van der Waals surface area (Å²) in [5.74, 6) is 0. The SMILES string of the molecule is [2H]c1c([2H])c(C([2H])([2H])[2H])c([2H])c([2H])c1-n1cc(C([2H])([2H])OC)ccc1=O. The predicted molar refractivity (Wildman–Crippen MR) is 67.5 cm³/mol. The summed E-state index contributed by atoms with van der Waals surface area (Å²) in [6.07, 6.45) is 1.01. The van der Waals surface area contributed by atoms with Crippen LogP contribution in [0.4, 0.5) is 0 Å². The van der Waals surface area contributed by atoms with Crippen molar-refractivity contribution in [1.82, 2.24) is 4.57 Å². The summed E-state index contributed by atoms with van der Waals surface area (Å²) in [5, 5.41) is 0. The predicted octanol–water partition coefficient (Wildman–Crippen LogP) is 2.29. The summed E-state index contributed by atoms with van der Waals surface area (Å²) in [6, 6.07) is -0.823. The van der Waals surface area contributed by atoms with Gasteiger partial charge in [-0.1, -0.05) is 17.6 Å². The molecule has 0 atom stereocenters. The van der Waals surface area contributed by atoms with Gasteiger partial charge in [-0.2, -0.15) is 0 Å². The Kier molecular flexibility index (Phi) is 1.40. The molecule has 0 aliphatic heterocycles. The highest BCUT2D eigenvalue weighted by Crippen LogP contribution is 2.08. The van der Waals surface area contributed by atoms with Crippen LogP contribution in [-0.2, 0) is 11.3 Å². The summed E-state index contributed by atoms with van der Waals surface area (Å²) in [5.41, 5.74) is -2.03. The Morgan fingerprint density at radius 3 is 2.82 bits per heavy atom. The number of hydrogen-bond donors (Lipinski definition) is 0. The number of pyridine rings is 1. The standard InChI is InChI=1S/C14H15NO2/c1-11-3-6-13(7-4-11)15-9-12(10-17-2)5-8-14(15)16/h3-9H,10H2,1-2H3/i1D3,3D,4D,6D,7D,10D2. The molecule has 17 heavy (non-hydrogen) atoms. The number of rotatable bonds is 3. The molecule has 0 saturated carbocycles. The molecule has 0 bridgehead atoms. The van der Waals surface area contributed by atoms with Crippen molar-refractivity contribution in [2.45, 2.75) is 13.4 Å². The molecule has 1 aromatic heterocycles. The first kappa shape index (κ1) is 4.78. The molecular formula is C14H15NO2. The average molecular weight is 238 g/mol. The van der Waals surface area contributed by atoms with Crippen molar-refractivity contribution in [3.8, 4) is 5.69 Å². The molecule has 0 amide bonds. The third-order valence-electron chi connectivity index (χ3n) is 1.98. The number of nitrogens with zero attached hydrogens (tertiary/aromatic N) is 1.